The second kappa shape index (κ2) is 4.60. The molecular weight excluding hydrogens is 188 g/mol. The molecule has 1 aliphatic carbocycles. The molecule has 1 aromatic rings. The highest BCUT2D eigenvalue weighted by molar-refractivity contribution is 5.80. The van der Waals surface area contributed by atoms with E-state index in [0.717, 1.165) is 38.6 Å². The zero-order valence-corrected chi connectivity index (χ0v) is 9.28. The molecule has 3 nitrogen and oxygen atoms in total. The molecule has 0 aliphatic heterocycles. The summed E-state index contributed by atoms with van der Waals surface area (Å²) < 4.78 is 1.98. The van der Waals surface area contributed by atoms with Gasteiger partial charge >= 0.3 is 0 Å². The number of carbonyl (C=O) groups is 1. The van der Waals surface area contributed by atoms with Crippen LogP contribution in [-0.2, 0) is 11.3 Å². The molecule has 1 aliphatic rings. The number of carbonyl (C=O) groups excluding carboxylic acids is 1. The summed E-state index contributed by atoms with van der Waals surface area (Å²) in [7, 11) is 0. The van der Waals surface area contributed by atoms with E-state index in [1.807, 2.05) is 10.9 Å². The number of rotatable bonds is 3. The third-order valence-corrected chi connectivity index (χ3v) is 3.06. The quantitative estimate of drug-likeness (QED) is 0.761. The van der Waals surface area contributed by atoms with Crippen molar-refractivity contribution in [1.82, 2.24) is 9.78 Å². The first-order valence-corrected chi connectivity index (χ1v) is 5.83. The minimum absolute atomic E-state index is 0.412. The van der Waals surface area contributed by atoms with Crippen molar-refractivity contribution in [2.75, 3.05) is 0 Å². The first-order chi connectivity index (χ1) is 7.29. The third-order valence-electron chi connectivity index (χ3n) is 3.06. The van der Waals surface area contributed by atoms with Crippen LogP contribution < -0.4 is 0 Å². The lowest BCUT2D eigenvalue weighted by Crippen LogP contribution is -2.12. The number of aryl methyl sites for hydroxylation is 1. The van der Waals surface area contributed by atoms with Crippen LogP contribution in [-0.4, -0.2) is 15.6 Å². The van der Waals surface area contributed by atoms with Gasteiger partial charge in [0.25, 0.3) is 0 Å². The van der Waals surface area contributed by atoms with Crippen molar-refractivity contribution >= 4 is 5.78 Å². The SMILES string of the molecule is CCCn1cc(C2CCCC(=O)C2)cn1. The van der Waals surface area contributed by atoms with Gasteiger partial charge < -0.3 is 0 Å². The highest BCUT2D eigenvalue weighted by atomic mass is 16.1. The average Bonchev–Trinajstić information content (AvgIpc) is 2.67. The van der Waals surface area contributed by atoms with Gasteiger partial charge in [-0.2, -0.15) is 5.10 Å². The van der Waals surface area contributed by atoms with E-state index in [4.69, 9.17) is 0 Å². The molecule has 0 aromatic carbocycles. The van der Waals surface area contributed by atoms with Gasteiger partial charge in [0, 0.05) is 25.6 Å². The van der Waals surface area contributed by atoms with E-state index < -0.39 is 0 Å². The predicted octanol–water partition coefficient (Wildman–Crippen LogP) is 2.52. The minimum Gasteiger partial charge on any atom is -0.300 e. The van der Waals surface area contributed by atoms with Crippen molar-refractivity contribution in [1.29, 1.82) is 0 Å². The highest BCUT2D eigenvalue weighted by Gasteiger charge is 2.21. The molecule has 1 unspecified atom stereocenters. The summed E-state index contributed by atoms with van der Waals surface area (Å²) in [5.74, 6) is 0.839. The molecule has 1 atom stereocenters. The summed E-state index contributed by atoms with van der Waals surface area (Å²) in [6, 6.07) is 0. The number of aromatic nitrogens is 2. The molecule has 0 saturated heterocycles. The molecule has 0 N–H and O–H groups in total. The van der Waals surface area contributed by atoms with Gasteiger partial charge in [-0.3, -0.25) is 9.48 Å². The molecule has 0 amide bonds. The summed E-state index contributed by atoms with van der Waals surface area (Å²) >= 11 is 0. The predicted molar refractivity (Wildman–Crippen MR) is 58.7 cm³/mol. The Hall–Kier alpha value is -1.12. The van der Waals surface area contributed by atoms with Gasteiger partial charge in [0.2, 0.25) is 0 Å². The largest absolute Gasteiger partial charge is 0.300 e. The Morgan fingerprint density at radius 3 is 3.20 bits per heavy atom. The van der Waals surface area contributed by atoms with Crippen molar-refractivity contribution in [2.45, 2.75) is 51.5 Å². The lowest BCUT2D eigenvalue weighted by atomic mass is 9.85. The van der Waals surface area contributed by atoms with Crippen LogP contribution >= 0.6 is 0 Å². The molecule has 1 heterocycles. The van der Waals surface area contributed by atoms with Crippen LogP contribution in [0.25, 0.3) is 0 Å². The van der Waals surface area contributed by atoms with Gasteiger partial charge in [-0.05, 0) is 30.7 Å². The van der Waals surface area contributed by atoms with Crippen molar-refractivity contribution in [3.8, 4) is 0 Å². The van der Waals surface area contributed by atoms with Crippen LogP contribution in [0.5, 0.6) is 0 Å². The molecular formula is C12H18N2O. The van der Waals surface area contributed by atoms with Crippen LogP contribution in [0, 0.1) is 0 Å². The Kier molecular flexibility index (Phi) is 3.19. The van der Waals surface area contributed by atoms with Crippen LogP contribution in [0.2, 0.25) is 0 Å². The lowest BCUT2D eigenvalue weighted by Gasteiger charge is -2.19. The van der Waals surface area contributed by atoms with Crippen molar-refractivity contribution < 1.29 is 4.79 Å². The molecule has 1 aromatic heterocycles. The second-order valence-electron chi connectivity index (χ2n) is 4.37. The van der Waals surface area contributed by atoms with E-state index in [9.17, 15) is 4.79 Å². The minimum atomic E-state index is 0.412. The maximum atomic E-state index is 11.4. The van der Waals surface area contributed by atoms with E-state index >= 15 is 0 Å². The standard InChI is InChI=1S/C12H18N2O/c1-2-6-14-9-11(8-13-14)10-4-3-5-12(15)7-10/h8-10H,2-7H2,1H3. The molecule has 0 spiro atoms. The molecule has 0 bridgehead atoms. The summed E-state index contributed by atoms with van der Waals surface area (Å²) in [4.78, 5) is 11.4. The highest BCUT2D eigenvalue weighted by Crippen LogP contribution is 2.30. The van der Waals surface area contributed by atoms with Crippen molar-refractivity contribution in [3.63, 3.8) is 0 Å². The number of nitrogens with zero attached hydrogens (tertiary/aromatic N) is 2. The van der Waals surface area contributed by atoms with Gasteiger partial charge in [0.1, 0.15) is 5.78 Å². The lowest BCUT2D eigenvalue weighted by molar-refractivity contribution is -0.120. The molecule has 0 radical (unpaired) electrons. The first-order valence-electron chi connectivity index (χ1n) is 5.83. The van der Waals surface area contributed by atoms with Crippen LogP contribution in [0.1, 0.15) is 50.5 Å². The van der Waals surface area contributed by atoms with E-state index in [-0.39, 0.29) is 0 Å². The Balaban J connectivity index is 2.04. The molecule has 1 fully saturated rings. The molecule has 2 rings (SSSR count). The van der Waals surface area contributed by atoms with Crippen molar-refractivity contribution in [3.05, 3.63) is 18.0 Å². The Bertz CT molecular complexity index is 343. The summed E-state index contributed by atoms with van der Waals surface area (Å²) in [5, 5.41) is 4.31. The number of ketones is 1. The van der Waals surface area contributed by atoms with Crippen LogP contribution in [0.15, 0.2) is 12.4 Å². The van der Waals surface area contributed by atoms with Gasteiger partial charge in [0.05, 0.1) is 6.20 Å². The molecule has 3 heteroatoms. The number of hydrogen-bond donors (Lipinski definition) is 0. The number of Topliss-reactive ketones (excluding diaryl/α,β-unsaturated/α-hetero) is 1. The average molecular weight is 206 g/mol. The van der Waals surface area contributed by atoms with Crippen LogP contribution in [0.4, 0.5) is 0 Å². The van der Waals surface area contributed by atoms with E-state index in [1.54, 1.807) is 0 Å². The van der Waals surface area contributed by atoms with Gasteiger partial charge in [-0.25, -0.2) is 0 Å². The van der Waals surface area contributed by atoms with Gasteiger partial charge in [-0.15, -0.1) is 0 Å². The fourth-order valence-corrected chi connectivity index (χ4v) is 2.25. The van der Waals surface area contributed by atoms with E-state index in [1.165, 1.54) is 5.56 Å². The van der Waals surface area contributed by atoms with Crippen LogP contribution in [0.3, 0.4) is 0 Å². The third kappa shape index (κ3) is 2.46. The zero-order valence-electron chi connectivity index (χ0n) is 9.28. The van der Waals surface area contributed by atoms with Crippen molar-refractivity contribution in [2.24, 2.45) is 0 Å². The number of hydrogen-bond acceptors (Lipinski definition) is 2. The fourth-order valence-electron chi connectivity index (χ4n) is 2.25. The fraction of sp³-hybridized carbons (Fsp3) is 0.667. The zero-order chi connectivity index (χ0) is 10.7. The second-order valence-corrected chi connectivity index (χ2v) is 4.37. The maximum Gasteiger partial charge on any atom is 0.133 e. The maximum absolute atomic E-state index is 11.4. The Labute approximate surface area is 90.5 Å². The smallest absolute Gasteiger partial charge is 0.133 e. The first kappa shape index (κ1) is 10.4. The Morgan fingerprint density at radius 2 is 2.47 bits per heavy atom. The monoisotopic (exact) mass is 206 g/mol. The molecule has 1 saturated carbocycles. The molecule has 15 heavy (non-hydrogen) atoms. The molecule has 82 valence electrons. The van der Waals surface area contributed by atoms with E-state index in [0.29, 0.717) is 11.7 Å². The normalized spacial score (nSPS) is 21.9. The topological polar surface area (TPSA) is 34.9 Å². The Morgan fingerprint density at radius 1 is 1.60 bits per heavy atom. The van der Waals surface area contributed by atoms with Gasteiger partial charge in [0.15, 0.2) is 0 Å². The van der Waals surface area contributed by atoms with Gasteiger partial charge in [-0.1, -0.05) is 6.92 Å². The summed E-state index contributed by atoms with van der Waals surface area (Å²) in [6.45, 7) is 3.12. The summed E-state index contributed by atoms with van der Waals surface area (Å²) in [5.41, 5.74) is 1.25. The van der Waals surface area contributed by atoms with E-state index in [2.05, 4.69) is 18.2 Å². The summed E-state index contributed by atoms with van der Waals surface area (Å²) in [6.07, 6.45) is 8.82.